The standard InChI is InChI=1S/C16H22F2N2O/c1-9(2)10(3)8-20-15(19-11(4)16(20)21)13-6-5-12(17)7-14(13)18/h5-7,9-11,15,19H,8H2,1-4H3. The van der Waals surface area contributed by atoms with Crippen molar-refractivity contribution in [3.8, 4) is 0 Å². The van der Waals surface area contributed by atoms with Crippen LogP contribution in [0.25, 0.3) is 0 Å². The van der Waals surface area contributed by atoms with Crippen molar-refractivity contribution >= 4 is 5.91 Å². The van der Waals surface area contributed by atoms with Crippen LogP contribution in [0.3, 0.4) is 0 Å². The molecule has 3 atom stereocenters. The normalized spacial score (nSPS) is 24.0. The molecule has 2 rings (SSSR count). The summed E-state index contributed by atoms with van der Waals surface area (Å²) in [6, 6.07) is 3.12. The first-order chi connectivity index (χ1) is 9.81. The van der Waals surface area contributed by atoms with E-state index in [1.165, 1.54) is 12.1 Å². The van der Waals surface area contributed by atoms with Crippen molar-refractivity contribution in [3.63, 3.8) is 0 Å². The molecular weight excluding hydrogens is 274 g/mol. The van der Waals surface area contributed by atoms with Crippen LogP contribution < -0.4 is 5.32 Å². The molecule has 0 bridgehead atoms. The van der Waals surface area contributed by atoms with E-state index in [9.17, 15) is 13.6 Å². The van der Waals surface area contributed by atoms with Gasteiger partial charge in [-0.3, -0.25) is 10.1 Å². The fourth-order valence-electron chi connectivity index (χ4n) is 2.47. The Kier molecular flexibility index (Phi) is 4.61. The number of benzene rings is 1. The molecule has 1 aromatic carbocycles. The molecule has 0 aromatic heterocycles. The van der Waals surface area contributed by atoms with Gasteiger partial charge < -0.3 is 4.90 Å². The van der Waals surface area contributed by atoms with E-state index in [2.05, 4.69) is 26.1 Å². The molecule has 0 aliphatic carbocycles. The molecule has 1 aliphatic heterocycles. The Morgan fingerprint density at radius 3 is 2.52 bits per heavy atom. The third kappa shape index (κ3) is 3.23. The number of rotatable bonds is 4. The molecule has 0 saturated carbocycles. The van der Waals surface area contributed by atoms with Crippen molar-refractivity contribution in [2.24, 2.45) is 11.8 Å². The molecule has 5 heteroatoms. The zero-order chi connectivity index (χ0) is 15.7. The minimum atomic E-state index is -0.628. The summed E-state index contributed by atoms with van der Waals surface area (Å²) >= 11 is 0. The predicted octanol–water partition coefficient (Wildman–Crippen LogP) is 3.08. The quantitative estimate of drug-likeness (QED) is 0.926. The first-order valence-corrected chi connectivity index (χ1v) is 7.32. The van der Waals surface area contributed by atoms with Gasteiger partial charge in [-0.05, 0) is 30.9 Å². The lowest BCUT2D eigenvalue weighted by atomic mass is 9.97. The summed E-state index contributed by atoms with van der Waals surface area (Å²) in [6.45, 7) is 8.57. The summed E-state index contributed by atoms with van der Waals surface area (Å²) in [5.74, 6) is -0.567. The average molecular weight is 296 g/mol. The number of nitrogens with zero attached hydrogens (tertiary/aromatic N) is 1. The predicted molar refractivity (Wildman–Crippen MR) is 77.4 cm³/mol. The lowest BCUT2D eigenvalue weighted by Gasteiger charge is -2.29. The highest BCUT2D eigenvalue weighted by atomic mass is 19.1. The van der Waals surface area contributed by atoms with Crippen molar-refractivity contribution < 1.29 is 13.6 Å². The Balaban J connectivity index is 2.29. The number of hydrogen-bond donors (Lipinski definition) is 1. The third-order valence-electron chi connectivity index (χ3n) is 4.25. The molecule has 3 nitrogen and oxygen atoms in total. The Morgan fingerprint density at radius 1 is 1.29 bits per heavy atom. The molecule has 1 heterocycles. The Hall–Kier alpha value is -1.49. The van der Waals surface area contributed by atoms with Crippen LogP contribution in [0, 0.1) is 23.5 Å². The van der Waals surface area contributed by atoms with Gasteiger partial charge in [0.05, 0.1) is 6.04 Å². The highest BCUT2D eigenvalue weighted by Gasteiger charge is 2.39. The van der Waals surface area contributed by atoms with Crippen molar-refractivity contribution in [3.05, 3.63) is 35.4 Å². The summed E-state index contributed by atoms with van der Waals surface area (Å²) in [5.41, 5.74) is 0.310. The van der Waals surface area contributed by atoms with Crippen LogP contribution in [0.1, 0.15) is 39.4 Å². The van der Waals surface area contributed by atoms with Crippen molar-refractivity contribution in [1.82, 2.24) is 10.2 Å². The van der Waals surface area contributed by atoms with Gasteiger partial charge in [-0.25, -0.2) is 8.78 Å². The van der Waals surface area contributed by atoms with Crippen LogP contribution in [-0.4, -0.2) is 23.4 Å². The number of halogens is 2. The largest absolute Gasteiger partial charge is 0.321 e. The fourth-order valence-corrected chi connectivity index (χ4v) is 2.47. The molecule has 0 radical (unpaired) electrons. The molecule has 1 aliphatic rings. The van der Waals surface area contributed by atoms with Crippen LogP contribution in [-0.2, 0) is 4.79 Å². The smallest absolute Gasteiger partial charge is 0.241 e. The number of hydrogen-bond acceptors (Lipinski definition) is 2. The summed E-state index contributed by atoms with van der Waals surface area (Å²) in [5, 5.41) is 3.09. The minimum Gasteiger partial charge on any atom is -0.321 e. The van der Waals surface area contributed by atoms with E-state index >= 15 is 0 Å². The van der Waals surface area contributed by atoms with E-state index in [0.717, 1.165) is 6.07 Å². The second kappa shape index (κ2) is 6.10. The van der Waals surface area contributed by atoms with Gasteiger partial charge in [0.15, 0.2) is 0 Å². The second-order valence-corrected chi connectivity index (χ2v) is 6.17. The van der Waals surface area contributed by atoms with Gasteiger partial charge in [0, 0.05) is 18.2 Å². The van der Waals surface area contributed by atoms with E-state index in [0.29, 0.717) is 23.9 Å². The first-order valence-electron chi connectivity index (χ1n) is 7.32. The number of carbonyl (C=O) groups is 1. The summed E-state index contributed by atoms with van der Waals surface area (Å²) in [7, 11) is 0. The van der Waals surface area contributed by atoms with Gasteiger partial charge in [-0.15, -0.1) is 0 Å². The van der Waals surface area contributed by atoms with Crippen LogP contribution in [0.5, 0.6) is 0 Å². The van der Waals surface area contributed by atoms with Crippen LogP contribution in [0.4, 0.5) is 8.78 Å². The molecule has 116 valence electrons. The fraction of sp³-hybridized carbons (Fsp3) is 0.562. The Labute approximate surface area is 124 Å². The van der Waals surface area contributed by atoms with Crippen molar-refractivity contribution in [1.29, 1.82) is 0 Å². The highest BCUT2D eigenvalue weighted by Crippen LogP contribution is 2.29. The van der Waals surface area contributed by atoms with E-state index in [-0.39, 0.29) is 11.9 Å². The van der Waals surface area contributed by atoms with Gasteiger partial charge in [-0.1, -0.05) is 20.8 Å². The lowest BCUT2D eigenvalue weighted by Crippen LogP contribution is -2.36. The molecule has 1 N–H and O–H groups in total. The van der Waals surface area contributed by atoms with Crippen molar-refractivity contribution in [2.75, 3.05) is 6.54 Å². The zero-order valence-electron chi connectivity index (χ0n) is 12.9. The van der Waals surface area contributed by atoms with Crippen LogP contribution >= 0.6 is 0 Å². The Morgan fingerprint density at radius 2 is 1.95 bits per heavy atom. The number of carbonyl (C=O) groups excluding carboxylic acids is 1. The van der Waals surface area contributed by atoms with Gasteiger partial charge in [0.1, 0.15) is 17.8 Å². The van der Waals surface area contributed by atoms with Gasteiger partial charge in [-0.2, -0.15) is 0 Å². The van der Waals surface area contributed by atoms with E-state index in [4.69, 9.17) is 0 Å². The van der Waals surface area contributed by atoms with Gasteiger partial charge in [0.25, 0.3) is 0 Å². The van der Waals surface area contributed by atoms with Crippen molar-refractivity contribution in [2.45, 2.75) is 39.9 Å². The SMILES string of the molecule is CC1NC(c2ccc(F)cc2F)N(CC(C)C(C)C)C1=O. The average Bonchev–Trinajstić information content (AvgIpc) is 2.67. The van der Waals surface area contributed by atoms with E-state index in [1.807, 2.05) is 0 Å². The molecular formula is C16H22F2N2O. The third-order valence-corrected chi connectivity index (χ3v) is 4.25. The number of amides is 1. The summed E-state index contributed by atoms with van der Waals surface area (Å²) in [4.78, 5) is 14.0. The first kappa shape index (κ1) is 15.9. The monoisotopic (exact) mass is 296 g/mol. The molecule has 1 saturated heterocycles. The summed E-state index contributed by atoms with van der Waals surface area (Å²) < 4.78 is 27.1. The molecule has 3 unspecified atom stereocenters. The molecule has 0 spiro atoms. The summed E-state index contributed by atoms with van der Waals surface area (Å²) in [6.07, 6.45) is -0.533. The van der Waals surface area contributed by atoms with Crippen LogP contribution in [0.15, 0.2) is 18.2 Å². The van der Waals surface area contributed by atoms with Gasteiger partial charge >= 0.3 is 0 Å². The maximum Gasteiger partial charge on any atom is 0.241 e. The molecule has 1 aromatic rings. The van der Waals surface area contributed by atoms with Crippen LogP contribution in [0.2, 0.25) is 0 Å². The second-order valence-electron chi connectivity index (χ2n) is 6.17. The lowest BCUT2D eigenvalue weighted by molar-refractivity contribution is -0.130. The number of nitrogens with one attached hydrogen (secondary N) is 1. The maximum atomic E-state index is 14.0. The Bertz CT molecular complexity index is 533. The minimum absolute atomic E-state index is 0.0452. The highest BCUT2D eigenvalue weighted by molar-refractivity contribution is 5.84. The van der Waals surface area contributed by atoms with Gasteiger partial charge in [0.2, 0.25) is 5.91 Å². The van der Waals surface area contributed by atoms with E-state index in [1.54, 1.807) is 11.8 Å². The maximum absolute atomic E-state index is 14.0. The topological polar surface area (TPSA) is 32.3 Å². The van der Waals surface area contributed by atoms with E-state index < -0.39 is 17.8 Å². The molecule has 1 fully saturated rings. The molecule has 1 amide bonds. The zero-order valence-corrected chi connectivity index (χ0v) is 12.9. The molecule has 21 heavy (non-hydrogen) atoms.